The van der Waals surface area contributed by atoms with Crippen LogP contribution in [0.15, 0.2) is 35.7 Å². The molecule has 8 heteroatoms. The van der Waals surface area contributed by atoms with Gasteiger partial charge < -0.3 is 20.3 Å². The molecule has 1 aromatic heterocycles. The molecule has 0 saturated heterocycles. The number of benzene rings is 1. The number of rotatable bonds is 5. The van der Waals surface area contributed by atoms with E-state index in [9.17, 15) is 14.4 Å². The molecule has 0 spiro atoms. The van der Waals surface area contributed by atoms with Gasteiger partial charge >= 0.3 is 6.09 Å². The third-order valence-electron chi connectivity index (χ3n) is 5.64. The molecule has 2 aliphatic heterocycles. The minimum Gasteiger partial charge on any atom is -0.444 e. The Morgan fingerprint density at radius 3 is 2.69 bits per heavy atom. The first-order valence-corrected chi connectivity index (χ1v) is 11.8. The highest BCUT2D eigenvalue weighted by molar-refractivity contribution is 7.10. The highest BCUT2D eigenvalue weighted by atomic mass is 32.1. The fraction of sp³-hybridized carbons (Fsp3) is 0.458. The van der Waals surface area contributed by atoms with Crippen molar-refractivity contribution in [1.82, 2.24) is 10.6 Å². The summed E-state index contributed by atoms with van der Waals surface area (Å²) in [5.74, 6) is -0.216. The van der Waals surface area contributed by atoms with Crippen LogP contribution < -0.4 is 15.5 Å². The standard InChI is InChI=1S/C24H29N3O4S/c1-24(2,3)31-23(30)26-19-10-9-15-6-4-7-16-12-17(27(21(15)16)22(19)29)14-25-20(28)13-18-8-5-11-32-18/h4-8,11,17,19H,9-10,12-14H2,1-3H3,(H,25,28)(H,26,30)/t17-,19-/m0/s1. The first-order valence-electron chi connectivity index (χ1n) is 10.9. The van der Waals surface area contributed by atoms with Crippen LogP contribution >= 0.6 is 11.3 Å². The second-order valence-corrected chi connectivity index (χ2v) is 10.3. The number of alkyl carbamates (subject to hydrolysis) is 1. The molecule has 4 rings (SSSR count). The fourth-order valence-corrected chi connectivity index (χ4v) is 5.05. The number of nitrogens with one attached hydrogen (secondary N) is 2. The van der Waals surface area contributed by atoms with Gasteiger partial charge in [0.2, 0.25) is 11.8 Å². The summed E-state index contributed by atoms with van der Waals surface area (Å²) in [7, 11) is 0. The fourth-order valence-electron chi connectivity index (χ4n) is 4.34. The molecular weight excluding hydrogens is 426 g/mol. The van der Waals surface area contributed by atoms with Crippen molar-refractivity contribution < 1.29 is 19.1 Å². The maximum Gasteiger partial charge on any atom is 0.408 e. The smallest absolute Gasteiger partial charge is 0.408 e. The van der Waals surface area contributed by atoms with E-state index >= 15 is 0 Å². The van der Waals surface area contributed by atoms with Crippen LogP contribution in [0.25, 0.3) is 0 Å². The molecule has 170 valence electrons. The van der Waals surface area contributed by atoms with Gasteiger partial charge in [-0.1, -0.05) is 24.3 Å². The summed E-state index contributed by atoms with van der Waals surface area (Å²) in [6.45, 7) is 5.74. The van der Waals surface area contributed by atoms with Crippen molar-refractivity contribution in [2.45, 2.75) is 64.1 Å². The molecule has 0 bridgehead atoms. The summed E-state index contributed by atoms with van der Waals surface area (Å²) in [5, 5.41) is 7.71. The van der Waals surface area contributed by atoms with Crippen molar-refractivity contribution in [3.63, 3.8) is 0 Å². The Bertz CT molecular complexity index is 1010. The molecule has 0 radical (unpaired) electrons. The molecule has 32 heavy (non-hydrogen) atoms. The summed E-state index contributed by atoms with van der Waals surface area (Å²) >= 11 is 1.55. The summed E-state index contributed by atoms with van der Waals surface area (Å²) in [6.07, 6.45) is 1.60. The van der Waals surface area contributed by atoms with Gasteiger partial charge in [-0.3, -0.25) is 9.59 Å². The largest absolute Gasteiger partial charge is 0.444 e. The van der Waals surface area contributed by atoms with Gasteiger partial charge in [-0.25, -0.2) is 4.79 Å². The Kier molecular flexibility index (Phi) is 6.24. The number of nitrogens with zero attached hydrogens (tertiary/aromatic N) is 1. The first-order chi connectivity index (χ1) is 15.2. The average molecular weight is 456 g/mol. The molecule has 2 aliphatic rings. The minimum absolute atomic E-state index is 0.0608. The monoisotopic (exact) mass is 455 g/mol. The molecule has 2 aromatic rings. The third-order valence-corrected chi connectivity index (χ3v) is 6.52. The molecule has 7 nitrogen and oxygen atoms in total. The van der Waals surface area contributed by atoms with Gasteiger partial charge in [-0.2, -0.15) is 0 Å². The Morgan fingerprint density at radius 1 is 1.19 bits per heavy atom. The predicted octanol–water partition coefficient (Wildman–Crippen LogP) is 3.20. The number of thiophene rings is 1. The van der Waals surface area contributed by atoms with Gasteiger partial charge in [-0.05, 0) is 62.6 Å². The molecule has 0 unspecified atom stereocenters. The van der Waals surface area contributed by atoms with Crippen LogP contribution in [0.4, 0.5) is 10.5 Å². The SMILES string of the molecule is CC(C)(C)OC(=O)N[C@H]1CCc2cccc3c2N(C1=O)[C@H](CNC(=O)Cc1cccs1)C3. The third kappa shape index (κ3) is 4.96. The van der Waals surface area contributed by atoms with Gasteiger partial charge in [0.05, 0.1) is 18.2 Å². The van der Waals surface area contributed by atoms with Crippen molar-refractivity contribution in [1.29, 1.82) is 0 Å². The van der Waals surface area contributed by atoms with E-state index in [1.54, 1.807) is 37.0 Å². The number of carbonyl (C=O) groups is 3. The molecule has 0 saturated carbocycles. The average Bonchev–Trinajstić information content (AvgIpc) is 3.32. The van der Waals surface area contributed by atoms with Crippen LogP contribution in [0.3, 0.4) is 0 Å². The number of aryl methyl sites for hydroxylation is 1. The lowest BCUT2D eigenvalue weighted by Gasteiger charge is -2.29. The van der Waals surface area contributed by atoms with Gasteiger partial charge in [0.25, 0.3) is 0 Å². The van der Waals surface area contributed by atoms with Crippen molar-refractivity contribution in [2.24, 2.45) is 0 Å². The topological polar surface area (TPSA) is 87.7 Å². The Labute approximate surface area is 192 Å². The van der Waals surface area contributed by atoms with Crippen LogP contribution in [0, 0.1) is 0 Å². The second kappa shape index (κ2) is 8.94. The lowest BCUT2D eigenvalue weighted by atomic mass is 10.0. The van der Waals surface area contributed by atoms with Crippen molar-refractivity contribution in [3.05, 3.63) is 51.7 Å². The molecule has 3 amide bonds. The van der Waals surface area contributed by atoms with Crippen molar-refractivity contribution in [3.8, 4) is 0 Å². The second-order valence-electron chi connectivity index (χ2n) is 9.29. The van der Waals surface area contributed by atoms with Crippen LogP contribution in [-0.4, -0.2) is 42.1 Å². The van der Waals surface area contributed by atoms with Crippen LogP contribution in [0.1, 0.15) is 43.2 Å². The van der Waals surface area contributed by atoms with E-state index in [4.69, 9.17) is 4.74 Å². The highest BCUT2D eigenvalue weighted by Crippen LogP contribution is 2.38. The predicted molar refractivity (Wildman–Crippen MR) is 124 cm³/mol. The number of anilines is 1. The zero-order valence-electron chi connectivity index (χ0n) is 18.6. The maximum atomic E-state index is 13.5. The van der Waals surface area contributed by atoms with E-state index in [0.717, 1.165) is 21.7 Å². The van der Waals surface area contributed by atoms with Gasteiger partial charge in [0.15, 0.2) is 0 Å². The Morgan fingerprint density at radius 2 is 1.97 bits per heavy atom. The van der Waals surface area contributed by atoms with Crippen LogP contribution in [0.5, 0.6) is 0 Å². The number of carbonyl (C=O) groups excluding carboxylic acids is 3. The summed E-state index contributed by atoms with van der Waals surface area (Å²) in [5.41, 5.74) is 2.49. The van der Waals surface area contributed by atoms with Crippen LogP contribution in [0.2, 0.25) is 0 Å². The first kappa shape index (κ1) is 22.3. The van der Waals surface area contributed by atoms with Gasteiger partial charge in [0, 0.05) is 11.4 Å². The van der Waals surface area contributed by atoms with E-state index < -0.39 is 17.7 Å². The zero-order chi connectivity index (χ0) is 22.9. The molecule has 2 N–H and O–H groups in total. The van der Waals surface area contributed by atoms with Crippen molar-refractivity contribution >= 4 is 34.9 Å². The molecule has 3 heterocycles. The highest BCUT2D eigenvalue weighted by Gasteiger charge is 2.41. The number of hydrogen-bond donors (Lipinski definition) is 2. The normalized spacial score (nSPS) is 19.8. The minimum atomic E-state index is -0.674. The van der Waals surface area contributed by atoms with E-state index in [2.05, 4.69) is 10.6 Å². The summed E-state index contributed by atoms with van der Waals surface area (Å²) in [6, 6.07) is 9.08. The van der Waals surface area contributed by atoms with E-state index in [1.165, 1.54) is 0 Å². The number of amides is 3. The Hall–Kier alpha value is -2.87. The van der Waals surface area contributed by atoms with E-state index in [1.807, 2.05) is 35.7 Å². The zero-order valence-corrected chi connectivity index (χ0v) is 19.5. The molecule has 0 fully saturated rings. The number of para-hydroxylation sites is 1. The lowest BCUT2D eigenvalue weighted by Crippen LogP contribution is -2.53. The molecule has 2 atom stereocenters. The summed E-state index contributed by atoms with van der Waals surface area (Å²) in [4.78, 5) is 41.1. The molecule has 0 aliphatic carbocycles. The van der Waals surface area contributed by atoms with Crippen molar-refractivity contribution in [2.75, 3.05) is 11.4 Å². The van der Waals surface area contributed by atoms with E-state index in [0.29, 0.717) is 32.2 Å². The van der Waals surface area contributed by atoms with Gasteiger partial charge in [0.1, 0.15) is 11.6 Å². The molecular formula is C24H29N3O4S. The quantitative estimate of drug-likeness (QED) is 0.725. The number of hydrogen-bond acceptors (Lipinski definition) is 5. The number of ether oxygens (including phenoxy) is 1. The van der Waals surface area contributed by atoms with E-state index in [-0.39, 0.29) is 17.9 Å². The van der Waals surface area contributed by atoms with Gasteiger partial charge in [-0.15, -0.1) is 11.3 Å². The Balaban J connectivity index is 1.49. The lowest BCUT2D eigenvalue weighted by molar-refractivity contribution is -0.122. The molecule has 1 aromatic carbocycles. The maximum absolute atomic E-state index is 13.5. The summed E-state index contributed by atoms with van der Waals surface area (Å²) < 4.78 is 5.37. The van der Waals surface area contributed by atoms with Crippen LogP contribution in [-0.2, 0) is 33.6 Å².